The lowest BCUT2D eigenvalue weighted by Crippen LogP contribution is -2.51. The molecule has 0 aromatic heterocycles. The largest absolute Gasteiger partial charge is 0.487 e. The number of piperidine rings is 1. The number of benzene rings is 2. The number of aliphatic hydroxyl groups is 2. The van der Waals surface area contributed by atoms with Gasteiger partial charge in [-0.25, -0.2) is 0 Å². The molecule has 0 saturated carbocycles. The third-order valence-electron chi connectivity index (χ3n) is 5.83. The summed E-state index contributed by atoms with van der Waals surface area (Å²) in [7, 11) is 0. The van der Waals surface area contributed by atoms with Crippen LogP contribution in [0.1, 0.15) is 48.2 Å². The molecule has 2 aromatic rings. The van der Waals surface area contributed by atoms with Gasteiger partial charge in [-0.1, -0.05) is 48.0 Å². The second-order valence-electron chi connectivity index (χ2n) is 7.77. The van der Waals surface area contributed by atoms with Crippen LogP contribution in [0.2, 0.25) is 0 Å². The van der Waals surface area contributed by atoms with E-state index < -0.39 is 12.2 Å². The van der Waals surface area contributed by atoms with E-state index in [-0.39, 0.29) is 5.60 Å². The monoisotopic (exact) mass is 353 g/mol. The highest BCUT2D eigenvalue weighted by atomic mass is 16.5. The van der Waals surface area contributed by atoms with Crippen LogP contribution in [-0.4, -0.2) is 40.3 Å². The Bertz CT molecular complexity index is 750. The highest BCUT2D eigenvalue weighted by Crippen LogP contribution is 2.44. The Morgan fingerprint density at radius 3 is 2.54 bits per heavy atom. The number of aryl methyl sites for hydroxylation is 1. The first-order chi connectivity index (χ1) is 12.5. The number of likely N-dealkylation sites (tertiary alicyclic amines) is 1. The van der Waals surface area contributed by atoms with Gasteiger partial charge in [0.1, 0.15) is 11.4 Å². The summed E-state index contributed by atoms with van der Waals surface area (Å²) in [5.41, 5.74) is 2.79. The number of nitrogens with zero attached hydrogens (tertiary/aromatic N) is 1. The predicted octanol–water partition coefficient (Wildman–Crippen LogP) is 3.38. The summed E-state index contributed by atoms with van der Waals surface area (Å²) >= 11 is 0. The smallest absolute Gasteiger partial charge is 0.125 e. The van der Waals surface area contributed by atoms with Crippen LogP contribution in [0.3, 0.4) is 0 Å². The molecular weight excluding hydrogens is 326 g/mol. The SMILES string of the molecule is Cc1ccc([C@H](O)CN2CCC3(CC2)C[C@H](O)c2ccccc2O3)cc1. The van der Waals surface area contributed by atoms with Crippen molar-refractivity contribution in [3.05, 3.63) is 65.2 Å². The summed E-state index contributed by atoms with van der Waals surface area (Å²) in [6, 6.07) is 15.9. The molecule has 2 aliphatic heterocycles. The molecule has 2 aromatic carbocycles. The van der Waals surface area contributed by atoms with Gasteiger partial charge >= 0.3 is 0 Å². The van der Waals surface area contributed by atoms with Crippen LogP contribution in [0.25, 0.3) is 0 Å². The summed E-state index contributed by atoms with van der Waals surface area (Å²) in [4.78, 5) is 2.30. The van der Waals surface area contributed by atoms with Crippen molar-refractivity contribution in [1.29, 1.82) is 0 Å². The van der Waals surface area contributed by atoms with E-state index in [1.165, 1.54) is 5.56 Å². The predicted molar refractivity (Wildman–Crippen MR) is 101 cm³/mol. The van der Waals surface area contributed by atoms with Gasteiger partial charge in [-0.15, -0.1) is 0 Å². The molecule has 2 atom stereocenters. The van der Waals surface area contributed by atoms with Crippen LogP contribution < -0.4 is 4.74 Å². The summed E-state index contributed by atoms with van der Waals surface area (Å²) in [5.74, 6) is 0.819. The number of fused-ring (bicyclic) bond motifs is 1. The van der Waals surface area contributed by atoms with Gasteiger partial charge < -0.3 is 19.8 Å². The summed E-state index contributed by atoms with van der Waals surface area (Å²) in [6.45, 7) is 4.44. The van der Waals surface area contributed by atoms with E-state index in [9.17, 15) is 10.2 Å². The Morgan fingerprint density at radius 2 is 1.81 bits per heavy atom. The first-order valence-corrected chi connectivity index (χ1v) is 9.48. The van der Waals surface area contributed by atoms with Crippen LogP contribution >= 0.6 is 0 Å². The minimum absolute atomic E-state index is 0.279. The molecule has 4 nitrogen and oxygen atoms in total. The van der Waals surface area contributed by atoms with Crippen molar-refractivity contribution in [3.8, 4) is 5.75 Å². The Morgan fingerprint density at radius 1 is 1.12 bits per heavy atom. The van der Waals surface area contributed by atoms with E-state index in [0.29, 0.717) is 13.0 Å². The van der Waals surface area contributed by atoms with Crippen molar-refractivity contribution in [3.63, 3.8) is 0 Å². The molecule has 0 aliphatic carbocycles. The Balaban J connectivity index is 1.38. The van der Waals surface area contributed by atoms with E-state index in [4.69, 9.17) is 4.74 Å². The third-order valence-corrected chi connectivity index (χ3v) is 5.83. The molecule has 2 heterocycles. The van der Waals surface area contributed by atoms with E-state index in [0.717, 1.165) is 42.8 Å². The topological polar surface area (TPSA) is 52.9 Å². The molecule has 2 aliphatic rings. The second-order valence-corrected chi connectivity index (χ2v) is 7.77. The van der Waals surface area contributed by atoms with Crippen LogP contribution in [0, 0.1) is 6.92 Å². The third kappa shape index (κ3) is 3.50. The van der Waals surface area contributed by atoms with Crippen molar-refractivity contribution in [2.75, 3.05) is 19.6 Å². The molecule has 0 radical (unpaired) electrons. The lowest BCUT2D eigenvalue weighted by atomic mass is 9.81. The molecule has 26 heavy (non-hydrogen) atoms. The average Bonchev–Trinajstić information content (AvgIpc) is 2.64. The van der Waals surface area contributed by atoms with Gasteiger partial charge in [0.25, 0.3) is 0 Å². The summed E-state index contributed by atoms with van der Waals surface area (Å²) in [5, 5.41) is 21.1. The lowest BCUT2D eigenvalue weighted by molar-refractivity contribution is -0.0587. The first kappa shape index (κ1) is 17.5. The van der Waals surface area contributed by atoms with Crippen LogP contribution in [0.15, 0.2) is 48.5 Å². The zero-order chi connectivity index (χ0) is 18.1. The van der Waals surface area contributed by atoms with Gasteiger partial charge in [0.15, 0.2) is 0 Å². The number of aliphatic hydroxyl groups excluding tert-OH is 2. The zero-order valence-corrected chi connectivity index (χ0v) is 15.3. The van der Waals surface area contributed by atoms with Gasteiger partial charge in [0.05, 0.1) is 12.2 Å². The maximum Gasteiger partial charge on any atom is 0.125 e. The Kier molecular flexibility index (Phi) is 4.74. The average molecular weight is 353 g/mol. The quantitative estimate of drug-likeness (QED) is 0.888. The van der Waals surface area contributed by atoms with E-state index in [1.54, 1.807) is 0 Å². The molecule has 138 valence electrons. The van der Waals surface area contributed by atoms with Gasteiger partial charge in [-0.2, -0.15) is 0 Å². The van der Waals surface area contributed by atoms with Crippen molar-refractivity contribution >= 4 is 0 Å². The fourth-order valence-electron chi connectivity index (χ4n) is 4.17. The zero-order valence-electron chi connectivity index (χ0n) is 15.3. The molecule has 1 saturated heterocycles. The van der Waals surface area contributed by atoms with Gasteiger partial charge in [0.2, 0.25) is 0 Å². The second kappa shape index (κ2) is 7.03. The number of ether oxygens (including phenoxy) is 1. The number of hydrogen-bond acceptors (Lipinski definition) is 4. The fourth-order valence-corrected chi connectivity index (χ4v) is 4.17. The lowest BCUT2D eigenvalue weighted by Gasteiger charge is -2.46. The number of β-amino-alcohol motifs (C(OH)–C–C–N with tert-alkyl or cyclic N) is 1. The van der Waals surface area contributed by atoms with Gasteiger partial charge in [0, 0.05) is 31.6 Å². The summed E-state index contributed by atoms with van der Waals surface area (Å²) < 4.78 is 6.33. The molecule has 0 unspecified atom stereocenters. The fraction of sp³-hybridized carbons (Fsp3) is 0.455. The number of para-hydroxylation sites is 1. The Hall–Kier alpha value is -1.88. The summed E-state index contributed by atoms with van der Waals surface area (Å²) in [6.07, 6.45) is 1.48. The van der Waals surface area contributed by atoms with Crippen LogP contribution in [0.5, 0.6) is 5.75 Å². The molecular formula is C22H27NO3. The van der Waals surface area contributed by atoms with Gasteiger partial charge in [-0.3, -0.25) is 0 Å². The highest BCUT2D eigenvalue weighted by Gasteiger charge is 2.42. The van der Waals surface area contributed by atoms with Crippen LogP contribution in [0.4, 0.5) is 0 Å². The molecule has 2 N–H and O–H groups in total. The van der Waals surface area contributed by atoms with Crippen LogP contribution in [-0.2, 0) is 0 Å². The minimum Gasteiger partial charge on any atom is -0.487 e. The van der Waals surface area contributed by atoms with Crippen molar-refractivity contribution < 1.29 is 14.9 Å². The number of hydrogen-bond donors (Lipinski definition) is 2. The van der Waals surface area contributed by atoms with Crippen molar-refractivity contribution in [1.82, 2.24) is 4.90 Å². The van der Waals surface area contributed by atoms with Gasteiger partial charge in [-0.05, 0) is 31.4 Å². The molecule has 0 bridgehead atoms. The molecule has 4 rings (SSSR count). The maximum atomic E-state index is 10.5. The highest BCUT2D eigenvalue weighted by molar-refractivity contribution is 5.38. The number of rotatable bonds is 3. The minimum atomic E-state index is -0.469. The standard InChI is InChI=1S/C22H27NO3/c1-16-6-8-17(9-7-16)20(25)15-23-12-10-22(11-13-23)14-19(24)18-4-2-3-5-21(18)26-22/h2-9,19-20,24-25H,10-15H2,1H3/t19-,20+/m0/s1. The molecule has 4 heteroatoms. The first-order valence-electron chi connectivity index (χ1n) is 9.48. The molecule has 0 amide bonds. The Labute approximate surface area is 155 Å². The van der Waals surface area contributed by atoms with E-state index in [2.05, 4.69) is 11.8 Å². The maximum absolute atomic E-state index is 10.5. The van der Waals surface area contributed by atoms with E-state index in [1.807, 2.05) is 48.5 Å². The normalized spacial score (nSPS) is 23.3. The molecule has 1 fully saturated rings. The van der Waals surface area contributed by atoms with E-state index >= 15 is 0 Å². The van der Waals surface area contributed by atoms with Crippen molar-refractivity contribution in [2.24, 2.45) is 0 Å². The van der Waals surface area contributed by atoms with Crippen molar-refractivity contribution in [2.45, 2.75) is 44.0 Å². The molecule has 1 spiro atoms.